The number of benzene rings is 1. The van der Waals surface area contributed by atoms with Crippen LogP contribution >= 0.6 is 23.2 Å². The SMILES string of the molecule is C[C@@H]1C[NH+](CCOc2ccc(Cl)cc2Cl)C[C@@H](C)O1. The van der Waals surface area contributed by atoms with Crippen LogP contribution in [0.2, 0.25) is 10.0 Å². The van der Waals surface area contributed by atoms with Crippen LogP contribution in [0.4, 0.5) is 0 Å². The number of morpholine rings is 1. The van der Waals surface area contributed by atoms with Gasteiger partial charge in [0.1, 0.15) is 44.2 Å². The maximum Gasteiger partial charge on any atom is 0.138 e. The number of halogens is 2. The molecule has 1 fully saturated rings. The molecule has 19 heavy (non-hydrogen) atoms. The van der Waals surface area contributed by atoms with Crippen molar-refractivity contribution in [3.63, 3.8) is 0 Å². The molecule has 3 nitrogen and oxygen atoms in total. The Morgan fingerprint density at radius 2 is 1.95 bits per heavy atom. The summed E-state index contributed by atoms with van der Waals surface area (Å²) in [5, 5.41) is 1.19. The van der Waals surface area contributed by atoms with Crippen LogP contribution in [0.15, 0.2) is 18.2 Å². The molecule has 2 atom stereocenters. The summed E-state index contributed by atoms with van der Waals surface area (Å²) in [6, 6.07) is 5.29. The van der Waals surface area contributed by atoms with E-state index in [1.165, 1.54) is 4.90 Å². The lowest BCUT2D eigenvalue weighted by atomic mass is 10.2. The van der Waals surface area contributed by atoms with Crippen LogP contribution in [0.5, 0.6) is 5.75 Å². The second kappa shape index (κ2) is 6.80. The molecule has 0 amide bonds. The maximum absolute atomic E-state index is 6.06. The second-order valence-corrected chi connectivity index (χ2v) is 5.93. The van der Waals surface area contributed by atoms with E-state index >= 15 is 0 Å². The number of rotatable bonds is 4. The van der Waals surface area contributed by atoms with Crippen LogP contribution in [0, 0.1) is 0 Å². The normalized spacial score (nSPS) is 27.3. The van der Waals surface area contributed by atoms with Crippen LogP contribution in [0.1, 0.15) is 13.8 Å². The summed E-state index contributed by atoms with van der Waals surface area (Å²) in [5.74, 6) is 0.694. The maximum atomic E-state index is 6.06. The first-order valence-electron chi connectivity index (χ1n) is 6.61. The molecular formula is C14H20Cl2NO2+. The van der Waals surface area contributed by atoms with Gasteiger partial charge in [-0.05, 0) is 32.0 Å². The summed E-state index contributed by atoms with van der Waals surface area (Å²) in [6.07, 6.45) is 0.635. The van der Waals surface area contributed by atoms with E-state index < -0.39 is 0 Å². The molecule has 1 aromatic rings. The zero-order valence-corrected chi connectivity index (χ0v) is 12.8. The first-order valence-corrected chi connectivity index (χ1v) is 7.37. The van der Waals surface area contributed by atoms with E-state index in [1.807, 2.05) is 6.07 Å². The average molecular weight is 305 g/mol. The predicted molar refractivity (Wildman–Crippen MR) is 77.5 cm³/mol. The van der Waals surface area contributed by atoms with E-state index in [-0.39, 0.29) is 0 Å². The van der Waals surface area contributed by atoms with Gasteiger partial charge in [-0.1, -0.05) is 23.2 Å². The van der Waals surface area contributed by atoms with E-state index in [9.17, 15) is 0 Å². The molecule has 0 aromatic heterocycles. The van der Waals surface area contributed by atoms with Crippen molar-refractivity contribution in [2.24, 2.45) is 0 Å². The molecule has 0 bridgehead atoms. The van der Waals surface area contributed by atoms with Crippen LogP contribution in [0.3, 0.4) is 0 Å². The molecule has 2 rings (SSSR count). The topological polar surface area (TPSA) is 22.9 Å². The van der Waals surface area contributed by atoms with Crippen molar-refractivity contribution < 1.29 is 14.4 Å². The Labute approximate surface area is 124 Å². The molecule has 0 saturated carbocycles. The Morgan fingerprint density at radius 3 is 2.58 bits per heavy atom. The molecule has 1 heterocycles. The van der Waals surface area contributed by atoms with E-state index in [1.54, 1.807) is 12.1 Å². The summed E-state index contributed by atoms with van der Waals surface area (Å²) in [5.41, 5.74) is 0. The van der Waals surface area contributed by atoms with E-state index in [0.29, 0.717) is 34.6 Å². The molecule has 0 radical (unpaired) electrons. The number of nitrogens with one attached hydrogen (secondary N) is 1. The minimum atomic E-state index is 0.317. The third-order valence-corrected chi connectivity index (χ3v) is 3.75. The number of ether oxygens (including phenoxy) is 2. The van der Waals surface area contributed by atoms with Crippen molar-refractivity contribution >= 4 is 23.2 Å². The van der Waals surface area contributed by atoms with Crippen molar-refractivity contribution in [3.8, 4) is 5.75 Å². The fourth-order valence-electron chi connectivity index (χ4n) is 2.49. The fraction of sp³-hybridized carbons (Fsp3) is 0.571. The average Bonchev–Trinajstić information content (AvgIpc) is 2.30. The van der Waals surface area contributed by atoms with E-state index in [0.717, 1.165) is 19.6 Å². The van der Waals surface area contributed by atoms with E-state index in [2.05, 4.69) is 13.8 Å². The van der Waals surface area contributed by atoms with Crippen LogP contribution in [-0.2, 0) is 4.74 Å². The third-order valence-electron chi connectivity index (χ3n) is 3.22. The van der Waals surface area contributed by atoms with Gasteiger partial charge in [-0.15, -0.1) is 0 Å². The zero-order chi connectivity index (χ0) is 13.8. The van der Waals surface area contributed by atoms with Gasteiger partial charge in [0.25, 0.3) is 0 Å². The lowest BCUT2D eigenvalue weighted by Crippen LogP contribution is -3.16. The lowest BCUT2D eigenvalue weighted by Gasteiger charge is -2.32. The molecule has 0 unspecified atom stereocenters. The highest BCUT2D eigenvalue weighted by Crippen LogP contribution is 2.27. The number of hydrogen-bond donors (Lipinski definition) is 1. The Hall–Kier alpha value is -0.480. The second-order valence-electron chi connectivity index (χ2n) is 5.09. The van der Waals surface area contributed by atoms with E-state index in [4.69, 9.17) is 32.7 Å². The monoisotopic (exact) mass is 304 g/mol. The molecular weight excluding hydrogens is 285 g/mol. The molecule has 1 N–H and O–H groups in total. The first-order chi connectivity index (χ1) is 9.04. The lowest BCUT2D eigenvalue weighted by molar-refractivity contribution is -0.915. The Bertz CT molecular complexity index is 418. The summed E-state index contributed by atoms with van der Waals surface area (Å²) >= 11 is 11.9. The van der Waals surface area contributed by atoms with Crippen molar-refractivity contribution in [2.75, 3.05) is 26.2 Å². The minimum absolute atomic E-state index is 0.317. The quantitative estimate of drug-likeness (QED) is 0.920. The summed E-state index contributed by atoms with van der Waals surface area (Å²) in [6.45, 7) is 7.90. The summed E-state index contributed by atoms with van der Waals surface area (Å²) in [7, 11) is 0. The Kier molecular flexibility index (Phi) is 5.34. The van der Waals surface area contributed by atoms with Gasteiger partial charge in [0, 0.05) is 5.02 Å². The molecule has 1 aliphatic rings. The summed E-state index contributed by atoms with van der Waals surface area (Å²) < 4.78 is 11.4. The zero-order valence-electron chi connectivity index (χ0n) is 11.3. The molecule has 0 aliphatic carbocycles. The largest absolute Gasteiger partial charge is 0.486 e. The number of hydrogen-bond acceptors (Lipinski definition) is 2. The van der Waals surface area contributed by atoms with Crippen LogP contribution in [-0.4, -0.2) is 38.4 Å². The molecule has 1 saturated heterocycles. The predicted octanol–water partition coefficient (Wildman–Crippen LogP) is 2.06. The highest BCUT2D eigenvalue weighted by molar-refractivity contribution is 6.35. The molecule has 0 spiro atoms. The van der Waals surface area contributed by atoms with Gasteiger partial charge in [-0.3, -0.25) is 0 Å². The van der Waals surface area contributed by atoms with Gasteiger partial charge < -0.3 is 14.4 Å². The Balaban J connectivity index is 1.80. The van der Waals surface area contributed by atoms with Crippen molar-refractivity contribution in [2.45, 2.75) is 26.1 Å². The van der Waals surface area contributed by atoms with Crippen LogP contribution in [0.25, 0.3) is 0 Å². The fourth-order valence-corrected chi connectivity index (χ4v) is 2.95. The van der Waals surface area contributed by atoms with Gasteiger partial charge in [-0.25, -0.2) is 0 Å². The molecule has 5 heteroatoms. The van der Waals surface area contributed by atoms with Crippen molar-refractivity contribution in [3.05, 3.63) is 28.2 Å². The van der Waals surface area contributed by atoms with Gasteiger partial charge in [0.15, 0.2) is 0 Å². The standard InChI is InChI=1S/C14H19Cl2NO2/c1-10-8-17(9-11(2)19-10)5-6-18-14-4-3-12(15)7-13(14)16/h3-4,7,10-11H,5-6,8-9H2,1-2H3/p+1/t10-,11-/m1/s1. The Morgan fingerprint density at radius 1 is 1.26 bits per heavy atom. The minimum Gasteiger partial charge on any atom is -0.486 e. The van der Waals surface area contributed by atoms with Gasteiger partial charge in [0.05, 0.1) is 5.02 Å². The highest BCUT2D eigenvalue weighted by Gasteiger charge is 2.25. The smallest absolute Gasteiger partial charge is 0.138 e. The van der Waals surface area contributed by atoms with Gasteiger partial charge in [0.2, 0.25) is 0 Å². The van der Waals surface area contributed by atoms with Crippen LogP contribution < -0.4 is 9.64 Å². The molecule has 106 valence electrons. The number of quaternary nitrogens is 1. The van der Waals surface area contributed by atoms with Gasteiger partial charge in [-0.2, -0.15) is 0 Å². The molecule has 1 aliphatic heterocycles. The molecule has 1 aromatic carbocycles. The first kappa shape index (κ1) is 14.9. The van der Waals surface area contributed by atoms with Gasteiger partial charge >= 0.3 is 0 Å². The van der Waals surface area contributed by atoms with Crippen molar-refractivity contribution in [1.29, 1.82) is 0 Å². The van der Waals surface area contributed by atoms with Crippen molar-refractivity contribution in [1.82, 2.24) is 0 Å². The highest BCUT2D eigenvalue weighted by atomic mass is 35.5. The summed E-state index contributed by atoms with van der Waals surface area (Å²) in [4.78, 5) is 1.51. The third kappa shape index (κ3) is 4.53.